The van der Waals surface area contributed by atoms with Gasteiger partial charge in [-0.1, -0.05) is 29.3 Å². The first-order chi connectivity index (χ1) is 10.6. The Morgan fingerprint density at radius 1 is 1.18 bits per heavy atom. The molecule has 3 nitrogen and oxygen atoms in total. The van der Waals surface area contributed by atoms with Gasteiger partial charge in [0.15, 0.2) is 11.6 Å². The van der Waals surface area contributed by atoms with E-state index in [0.717, 1.165) is 12.1 Å². The molecule has 0 aromatic heterocycles. The molecule has 0 fully saturated rings. The van der Waals surface area contributed by atoms with Crippen LogP contribution in [-0.4, -0.2) is 18.9 Å². The van der Waals surface area contributed by atoms with Crippen molar-refractivity contribution in [2.24, 2.45) is 4.99 Å². The van der Waals surface area contributed by atoms with Gasteiger partial charge in [0.05, 0.1) is 6.54 Å². The maximum Gasteiger partial charge on any atom is 0.165 e. The number of aliphatic imine (C=N–C) groups is 1. The van der Waals surface area contributed by atoms with E-state index in [0.29, 0.717) is 28.0 Å². The molecule has 0 bridgehead atoms. The molecule has 0 spiro atoms. The van der Waals surface area contributed by atoms with Crippen LogP contribution in [0.2, 0.25) is 10.0 Å². The Bertz CT molecular complexity index is 734. The molecule has 3 rings (SSSR count). The molecular weight excluding hydrogens is 326 g/mol. The molecule has 1 N–H and O–H groups in total. The lowest BCUT2D eigenvalue weighted by Crippen LogP contribution is -2.19. The maximum atomic E-state index is 14.1. The molecule has 2 aromatic carbocycles. The van der Waals surface area contributed by atoms with Crippen LogP contribution in [0.5, 0.6) is 5.75 Å². The van der Waals surface area contributed by atoms with E-state index in [4.69, 9.17) is 27.9 Å². The van der Waals surface area contributed by atoms with Gasteiger partial charge in [-0.15, -0.1) is 0 Å². The van der Waals surface area contributed by atoms with Crippen LogP contribution in [0.15, 0.2) is 41.4 Å². The second-order valence-corrected chi connectivity index (χ2v) is 5.67. The van der Waals surface area contributed by atoms with E-state index in [1.165, 1.54) is 6.07 Å². The molecule has 22 heavy (non-hydrogen) atoms. The van der Waals surface area contributed by atoms with E-state index >= 15 is 0 Å². The van der Waals surface area contributed by atoms with E-state index in [1.54, 1.807) is 30.3 Å². The smallest absolute Gasteiger partial charge is 0.165 e. The zero-order valence-corrected chi connectivity index (χ0v) is 13.1. The summed E-state index contributed by atoms with van der Waals surface area (Å²) in [5.41, 5.74) is 1.46. The quantitative estimate of drug-likeness (QED) is 0.911. The topological polar surface area (TPSA) is 33.6 Å². The Balaban J connectivity index is 1.72. The average Bonchev–Trinajstić information content (AvgIpc) is 3.02. The predicted molar refractivity (Wildman–Crippen MR) is 86.6 cm³/mol. The largest absolute Gasteiger partial charge is 0.486 e. The minimum atomic E-state index is -0.431. The first-order valence-electron chi connectivity index (χ1n) is 6.78. The summed E-state index contributed by atoms with van der Waals surface area (Å²) >= 11 is 11.9. The van der Waals surface area contributed by atoms with Gasteiger partial charge in [-0.3, -0.25) is 4.99 Å². The van der Waals surface area contributed by atoms with Gasteiger partial charge in [-0.05, 0) is 30.3 Å². The van der Waals surface area contributed by atoms with Gasteiger partial charge < -0.3 is 10.1 Å². The van der Waals surface area contributed by atoms with Crippen LogP contribution in [-0.2, 0) is 6.61 Å². The molecule has 1 aliphatic heterocycles. The van der Waals surface area contributed by atoms with E-state index < -0.39 is 5.82 Å². The van der Waals surface area contributed by atoms with E-state index in [1.807, 2.05) is 0 Å². The SMILES string of the molecule is Fc1cc(C2=NCCN2)ccc1OCc1ccc(Cl)cc1Cl. The number of amidine groups is 1. The lowest BCUT2D eigenvalue weighted by atomic mass is 10.2. The summed E-state index contributed by atoms with van der Waals surface area (Å²) in [4.78, 5) is 4.26. The molecule has 2 aromatic rings. The number of halogens is 3. The Hall–Kier alpha value is -1.78. The highest BCUT2D eigenvalue weighted by molar-refractivity contribution is 6.35. The van der Waals surface area contributed by atoms with Crippen molar-refractivity contribution in [1.29, 1.82) is 0 Å². The average molecular weight is 339 g/mol. The third kappa shape index (κ3) is 3.34. The molecule has 0 saturated heterocycles. The third-order valence-electron chi connectivity index (χ3n) is 3.28. The Morgan fingerprint density at radius 3 is 2.73 bits per heavy atom. The predicted octanol–water partition coefficient (Wildman–Crippen LogP) is 4.06. The zero-order chi connectivity index (χ0) is 15.5. The second kappa shape index (κ2) is 6.55. The lowest BCUT2D eigenvalue weighted by molar-refractivity contribution is 0.290. The zero-order valence-electron chi connectivity index (χ0n) is 11.6. The lowest BCUT2D eigenvalue weighted by Gasteiger charge is -2.10. The summed E-state index contributed by atoms with van der Waals surface area (Å²) in [5.74, 6) is 0.457. The van der Waals surface area contributed by atoms with Crippen LogP contribution in [0.25, 0.3) is 0 Å². The van der Waals surface area contributed by atoms with Crippen LogP contribution < -0.4 is 10.1 Å². The second-order valence-electron chi connectivity index (χ2n) is 4.83. The minimum Gasteiger partial charge on any atom is -0.486 e. The van der Waals surface area contributed by atoms with E-state index in [9.17, 15) is 4.39 Å². The monoisotopic (exact) mass is 338 g/mol. The summed E-state index contributed by atoms with van der Waals surface area (Å²) in [6.45, 7) is 1.67. The summed E-state index contributed by atoms with van der Waals surface area (Å²) < 4.78 is 19.6. The fourth-order valence-electron chi connectivity index (χ4n) is 2.15. The Labute approximate surface area is 137 Å². The summed E-state index contributed by atoms with van der Waals surface area (Å²) in [6, 6.07) is 9.89. The van der Waals surface area contributed by atoms with Crippen LogP contribution in [0.1, 0.15) is 11.1 Å². The summed E-state index contributed by atoms with van der Waals surface area (Å²) in [7, 11) is 0. The molecule has 0 atom stereocenters. The van der Waals surface area contributed by atoms with Gasteiger partial charge in [0, 0.05) is 27.7 Å². The first kappa shape index (κ1) is 15.1. The molecule has 0 saturated carbocycles. The molecular formula is C16H13Cl2FN2O. The summed E-state index contributed by atoms with van der Waals surface area (Å²) in [6.07, 6.45) is 0. The van der Waals surface area contributed by atoms with Crippen molar-refractivity contribution < 1.29 is 9.13 Å². The van der Waals surface area contributed by atoms with Crippen molar-refractivity contribution in [2.45, 2.75) is 6.61 Å². The number of hydrogen-bond acceptors (Lipinski definition) is 3. The Morgan fingerprint density at radius 2 is 2.05 bits per heavy atom. The van der Waals surface area contributed by atoms with E-state index in [2.05, 4.69) is 10.3 Å². The van der Waals surface area contributed by atoms with Crippen LogP contribution in [0.4, 0.5) is 4.39 Å². The van der Waals surface area contributed by atoms with E-state index in [-0.39, 0.29) is 12.4 Å². The van der Waals surface area contributed by atoms with Crippen LogP contribution in [0.3, 0.4) is 0 Å². The minimum absolute atomic E-state index is 0.172. The molecule has 114 valence electrons. The number of ether oxygens (including phenoxy) is 1. The van der Waals surface area contributed by atoms with Crippen molar-refractivity contribution >= 4 is 29.0 Å². The normalized spacial score (nSPS) is 13.7. The molecule has 0 aliphatic carbocycles. The maximum absolute atomic E-state index is 14.1. The highest BCUT2D eigenvalue weighted by Crippen LogP contribution is 2.24. The van der Waals surface area contributed by atoms with Gasteiger partial charge in [0.1, 0.15) is 12.4 Å². The molecule has 1 heterocycles. The van der Waals surface area contributed by atoms with Gasteiger partial charge in [-0.2, -0.15) is 0 Å². The van der Waals surface area contributed by atoms with Crippen molar-refractivity contribution in [3.05, 3.63) is 63.4 Å². The number of nitrogens with zero attached hydrogens (tertiary/aromatic N) is 1. The van der Waals surface area contributed by atoms with Crippen molar-refractivity contribution in [3.63, 3.8) is 0 Å². The van der Waals surface area contributed by atoms with Crippen LogP contribution in [0, 0.1) is 5.82 Å². The highest BCUT2D eigenvalue weighted by Gasteiger charge is 2.12. The number of rotatable bonds is 4. The molecule has 0 amide bonds. The van der Waals surface area contributed by atoms with Crippen molar-refractivity contribution in [2.75, 3.05) is 13.1 Å². The Kier molecular flexibility index (Phi) is 4.50. The van der Waals surface area contributed by atoms with Gasteiger partial charge in [-0.25, -0.2) is 4.39 Å². The first-order valence-corrected chi connectivity index (χ1v) is 7.54. The van der Waals surface area contributed by atoms with Gasteiger partial charge in [0.25, 0.3) is 0 Å². The van der Waals surface area contributed by atoms with Gasteiger partial charge >= 0.3 is 0 Å². The number of hydrogen-bond donors (Lipinski definition) is 1. The molecule has 0 radical (unpaired) electrons. The molecule has 6 heteroatoms. The van der Waals surface area contributed by atoms with Crippen molar-refractivity contribution in [3.8, 4) is 5.75 Å². The van der Waals surface area contributed by atoms with Gasteiger partial charge in [0.2, 0.25) is 0 Å². The molecule has 1 aliphatic rings. The standard InChI is InChI=1S/C16H13Cl2FN2O/c17-12-3-1-11(13(18)8-12)9-22-15-4-2-10(7-14(15)19)16-20-5-6-21-16/h1-4,7-8H,5-6,9H2,(H,20,21). The number of nitrogens with one attached hydrogen (secondary N) is 1. The fourth-order valence-corrected chi connectivity index (χ4v) is 2.61. The van der Waals surface area contributed by atoms with Crippen LogP contribution >= 0.6 is 23.2 Å². The summed E-state index contributed by atoms with van der Waals surface area (Å²) in [5, 5.41) is 4.15. The fraction of sp³-hybridized carbons (Fsp3) is 0.188. The third-order valence-corrected chi connectivity index (χ3v) is 3.86. The number of benzene rings is 2. The highest BCUT2D eigenvalue weighted by atomic mass is 35.5. The van der Waals surface area contributed by atoms with Crippen molar-refractivity contribution in [1.82, 2.24) is 5.32 Å². The molecule has 0 unspecified atom stereocenters.